The van der Waals surface area contributed by atoms with Gasteiger partial charge in [-0.05, 0) is 31.3 Å². The number of hydrogen-bond acceptors (Lipinski definition) is 4. The lowest BCUT2D eigenvalue weighted by atomic mass is 10.3. The molecular weight excluding hydrogens is 266 g/mol. The minimum absolute atomic E-state index is 0.215. The lowest BCUT2D eigenvalue weighted by molar-refractivity contribution is 0.208. The van der Waals surface area contributed by atoms with Crippen LogP contribution >= 0.6 is 23.6 Å². The Bertz CT molecular complexity index is 487. The molecule has 4 nitrogen and oxygen atoms in total. The number of ether oxygens (including phenoxy) is 1. The number of rotatable bonds is 4. The van der Waals surface area contributed by atoms with E-state index in [-0.39, 0.29) is 6.23 Å². The van der Waals surface area contributed by atoms with E-state index in [1.165, 1.54) is 11.3 Å². The zero-order valence-corrected chi connectivity index (χ0v) is 11.4. The van der Waals surface area contributed by atoms with Crippen LogP contribution < -0.4 is 15.4 Å². The second-order valence-corrected chi connectivity index (χ2v) is 4.81. The fourth-order valence-electron chi connectivity index (χ4n) is 1.34. The summed E-state index contributed by atoms with van der Waals surface area (Å²) in [5.41, 5.74) is 0. The molecule has 0 bridgehead atoms. The number of thiocarbonyl (C=S) groups is 1. The van der Waals surface area contributed by atoms with Crippen LogP contribution in [0.2, 0.25) is 0 Å². The van der Waals surface area contributed by atoms with Crippen molar-refractivity contribution < 1.29 is 4.74 Å². The molecule has 0 fully saturated rings. The normalized spacial score (nSPS) is 11.6. The van der Waals surface area contributed by atoms with Crippen molar-refractivity contribution in [1.82, 2.24) is 10.3 Å². The van der Waals surface area contributed by atoms with E-state index in [9.17, 15) is 0 Å². The number of para-hydroxylation sites is 1. The van der Waals surface area contributed by atoms with Crippen LogP contribution in [0.5, 0.6) is 5.75 Å². The molecule has 2 N–H and O–H groups in total. The second-order valence-electron chi connectivity index (χ2n) is 3.51. The van der Waals surface area contributed by atoms with Crippen LogP contribution in [0.4, 0.5) is 5.13 Å². The van der Waals surface area contributed by atoms with Crippen LogP contribution in [0.1, 0.15) is 6.92 Å². The highest BCUT2D eigenvalue weighted by Gasteiger charge is 2.06. The van der Waals surface area contributed by atoms with Gasteiger partial charge in [0.25, 0.3) is 0 Å². The Morgan fingerprint density at radius 2 is 2.17 bits per heavy atom. The third-order valence-electron chi connectivity index (χ3n) is 2.04. The molecule has 1 unspecified atom stereocenters. The van der Waals surface area contributed by atoms with Crippen molar-refractivity contribution >= 4 is 33.8 Å². The Balaban J connectivity index is 1.80. The molecule has 0 aliphatic heterocycles. The standard InChI is InChI=1S/C12H13N3OS2/c1-9(16-10-5-3-2-4-6-10)14-11(17)15-12-13-7-8-18-12/h2-9H,1H3,(H2,13,14,15,17). The Kier molecular flexibility index (Phi) is 4.49. The molecule has 1 aromatic carbocycles. The average molecular weight is 279 g/mol. The molecule has 2 aromatic rings. The molecule has 0 aliphatic rings. The van der Waals surface area contributed by atoms with E-state index in [1.54, 1.807) is 6.20 Å². The lowest BCUT2D eigenvalue weighted by Crippen LogP contribution is -2.39. The first kappa shape index (κ1) is 12.8. The number of nitrogens with one attached hydrogen (secondary N) is 2. The largest absolute Gasteiger partial charge is 0.471 e. The van der Waals surface area contributed by atoms with E-state index in [0.29, 0.717) is 5.11 Å². The highest BCUT2D eigenvalue weighted by molar-refractivity contribution is 7.80. The molecule has 0 saturated carbocycles. The molecule has 0 spiro atoms. The summed E-state index contributed by atoms with van der Waals surface area (Å²) in [7, 11) is 0. The van der Waals surface area contributed by atoms with Gasteiger partial charge in [-0.1, -0.05) is 18.2 Å². The maximum Gasteiger partial charge on any atom is 0.188 e. The van der Waals surface area contributed by atoms with Gasteiger partial charge >= 0.3 is 0 Å². The van der Waals surface area contributed by atoms with Crippen molar-refractivity contribution in [3.63, 3.8) is 0 Å². The molecule has 94 valence electrons. The molecular formula is C12H13N3OS2. The Morgan fingerprint density at radius 1 is 1.39 bits per heavy atom. The highest BCUT2D eigenvalue weighted by atomic mass is 32.1. The summed E-state index contributed by atoms with van der Waals surface area (Å²) in [4.78, 5) is 4.09. The molecule has 1 aromatic heterocycles. The molecule has 0 saturated heterocycles. The predicted molar refractivity (Wildman–Crippen MR) is 78.0 cm³/mol. The van der Waals surface area contributed by atoms with Crippen molar-refractivity contribution in [1.29, 1.82) is 0 Å². The highest BCUT2D eigenvalue weighted by Crippen LogP contribution is 2.11. The SMILES string of the molecule is CC(NC(=S)Nc1nccs1)Oc1ccccc1. The smallest absolute Gasteiger partial charge is 0.188 e. The summed E-state index contributed by atoms with van der Waals surface area (Å²) in [5, 5.41) is 9.16. The minimum atomic E-state index is -0.215. The fourth-order valence-corrected chi connectivity index (χ4v) is 2.20. The van der Waals surface area contributed by atoms with Crippen molar-refractivity contribution in [3.05, 3.63) is 41.9 Å². The summed E-state index contributed by atoms with van der Waals surface area (Å²) in [5.74, 6) is 0.801. The number of aromatic nitrogens is 1. The minimum Gasteiger partial charge on any atom is -0.471 e. The average Bonchev–Trinajstić information content (AvgIpc) is 2.82. The summed E-state index contributed by atoms with van der Waals surface area (Å²) < 4.78 is 5.65. The molecule has 2 rings (SSSR count). The topological polar surface area (TPSA) is 46.2 Å². The third kappa shape index (κ3) is 3.97. The summed E-state index contributed by atoms with van der Waals surface area (Å²) in [6, 6.07) is 9.59. The summed E-state index contributed by atoms with van der Waals surface area (Å²) in [6.07, 6.45) is 1.51. The molecule has 1 atom stereocenters. The van der Waals surface area contributed by atoms with Gasteiger partial charge in [0.15, 0.2) is 16.5 Å². The molecule has 6 heteroatoms. The van der Waals surface area contributed by atoms with E-state index >= 15 is 0 Å². The van der Waals surface area contributed by atoms with Crippen molar-refractivity contribution in [3.8, 4) is 5.75 Å². The van der Waals surface area contributed by atoms with Gasteiger partial charge in [0.2, 0.25) is 0 Å². The van der Waals surface area contributed by atoms with Gasteiger partial charge in [-0.3, -0.25) is 0 Å². The molecule has 0 amide bonds. The maximum atomic E-state index is 5.65. The van der Waals surface area contributed by atoms with Crippen LogP contribution in [-0.4, -0.2) is 16.3 Å². The number of hydrogen-bond donors (Lipinski definition) is 2. The molecule has 18 heavy (non-hydrogen) atoms. The van der Waals surface area contributed by atoms with E-state index in [1.807, 2.05) is 42.6 Å². The molecule has 0 aliphatic carbocycles. The first-order valence-electron chi connectivity index (χ1n) is 5.43. The van der Waals surface area contributed by atoms with Gasteiger partial charge < -0.3 is 15.4 Å². The van der Waals surface area contributed by atoms with Crippen LogP contribution in [0, 0.1) is 0 Å². The quantitative estimate of drug-likeness (QED) is 0.665. The first-order valence-corrected chi connectivity index (χ1v) is 6.71. The van der Waals surface area contributed by atoms with Crippen molar-refractivity contribution in [2.24, 2.45) is 0 Å². The Hall–Kier alpha value is -1.66. The Labute approximate surface area is 115 Å². The van der Waals surface area contributed by atoms with Crippen molar-refractivity contribution in [2.75, 3.05) is 5.32 Å². The predicted octanol–water partition coefficient (Wildman–Crippen LogP) is 2.85. The number of anilines is 1. The van der Waals surface area contributed by atoms with Crippen LogP contribution in [0.3, 0.4) is 0 Å². The Morgan fingerprint density at radius 3 is 2.83 bits per heavy atom. The van der Waals surface area contributed by atoms with Gasteiger partial charge in [0.05, 0.1) is 0 Å². The number of nitrogens with zero attached hydrogens (tertiary/aromatic N) is 1. The lowest BCUT2D eigenvalue weighted by Gasteiger charge is -2.17. The zero-order valence-electron chi connectivity index (χ0n) is 9.79. The first-order chi connectivity index (χ1) is 8.74. The molecule has 0 radical (unpaired) electrons. The van der Waals surface area contributed by atoms with E-state index < -0.39 is 0 Å². The summed E-state index contributed by atoms with van der Waals surface area (Å²) >= 11 is 6.65. The summed E-state index contributed by atoms with van der Waals surface area (Å²) in [6.45, 7) is 1.89. The van der Waals surface area contributed by atoms with E-state index in [2.05, 4.69) is 15.6 Å². The van der Waals surface area contributed by atoms with Gasteiger partial charge in [-0.2, -0.15) is 0 Å². The van der Waals surface area contributed by atoms with Gasteiger partial charge in [-0.15, -0.1) is 11.3 Å². The van der Waals surface area contributed by atoms with Crippen LogP contribution in [0.15, 0.2) is 41.9 Å². The second kappa shape index (κ2) is 6.32. The fraction of sp³-hybridized carbons (Fsp3) is 0.167. The van der Waals surface area contributed by atoms with Gasteiger partial charge in [0, 0.05) is 11.6 Å². The van der Waals surface area contributed by atoms with Crippen molar-refractivity contribution in [2.45, 2.75) is 13.2 Å². The number of benzene rings is 1. The van der Waals surface area contributed by atoms with E-state index in [4.69, 9.17) is 17.0 Å². The molecule has 1 heterocycles. The third-order valence-corrected chi connectivity index (χ3v) is 2.95. The van der Waals surface area contributed by atoms with Gasteiger partial charge in [0.1, 0.15) is 5.75 Å². The van der Waals surface area contributed by atoms with Crippen LogP contribution in [0.25, 0.3) is 0 Å². The maximum absolute atomic E-state index is 5.65. The number of thiazole rings is 1. The van der Waals surface area contributed by atoms with Crippen LogP contribution in [-0.2, 0) is 0 Å². The monoisotopic (exact) mass is 279 g/mol. The van der Waals surface area contributed by atoms with E-state index in [0.717, 1.165) is 10.9 Å². The zero-order chi connectivity index (χ0) is 12.8. The van der Waals surface area contributed by atoms with Gasteiger partial charge in [-0.25, -0.2) is 4.98 Å².